The van der Waals surface area contributed by atoms with Crippen molar-refractivity contribution in [2.75, 3.05) is 37.7 Å². The summed E-state index contributed by atoms with van der Waals surface area (Å²) in [6.45, 7) is 15.5. The molecule has 3 heterocycles. The van der Waals surface area contributed by atoms with Crippen LogP contribution in [0, 0.1) is 11.8 Å². The second-order valence-electron chi connectivity index (χ2n) is 12.0. The van der Waals surface area contributed by atoms with E-state index in [0.717, 1.165) is 19.3 Å². The molecule has 3 saturated heterocycles. The second-order valence-corrected chi connectivity index (χ2v) is 12.0. The maximum absolute atomic E-state index is 14.5. The zero-order valence-corrected chi connectivity index (χ0v) is 26.1. The van der Waals surface area contributed by atoms with Crippen LogP contribution in [0.3, 0.4) is 0 Å². The van der Waals surface area contributed by atoms with Crippen LogP contribution < -0.4 is 9.64 Å². The highest BCUT2D eigenvalue weighted by atomic mass is 16.5. The van der Waals surface area contributed by atoms with Gasteiger partial charge in [-0.25, -0.2) is 0 Å². The molecule has 0 aliphatic carbocycles. The third-order valence-corrected chi connectivity index (χ3v) is 9.26. The maximum Gasteiger partial charge on any atom is 0.248 e. The summed E-state index contributed by atoms with van der Waals surface area (Å²) >= 11 is 0. The van der Waals surface area contributed by atoms with Crippen LogP contribution in [-0.2, 0) is 19.1 Å². The molecule has 3 fully saturated rings. The second kappa shape index (κ2) is 14.5. The molecule has 0 aromatic heterocycles. The number of rotatable bonds is 17. The van der Waals surface area contributed by atoms with E-state index in [1.165, 1.54) is 0 Å². The van der Waals surface area contributed by atoms with Gasteiger partial charge >= 0.3 is 0 Å². The molecule has 1 N–H and O–H groups in total. The highest BCUT2D eigenvalue weighted by Crippen LogP contribution is 2.59. The molecule has 43 heavy (non-hydrogen) atoms. The number of anilines is 1. The van der Waals surface area contributed by atoms with Crippen LogP contribution in [-0.4, -0.2) is 89.3 Å². The van der Waals surface area contributed by atoms with Crippen LogP contribution in [0.1, 0.15) is 65.7 Å². The first kappa shape index (κ1) is 32.7. The molecule has 1 spiro atoms. The number of ether oxygens (including phenoxy) is 2. The Morgan fingerprint density at radius 3 is 2.49 bits per heavy atom. The zero-order valence-electron chi connectivity index (χ0n) is 26.1. The average molecular weight is 596 g/mol. The Morgan fingerprint density at radius 1 is 1.14 bits per heavy atom. The summed E-state index contributed by atoms with van der Waals surface area (Å²) in [5, 5.41) is 9.31. The molecule has 3 aliphatic rings. The van der Waals surface area contributed by atoms with Crippen molar-refractivity contribution in [2.24, 2.45) is 11.8 Å². The van der Waals surface area contributed by atoms with Gasteiger partial charge < -0.3 is 29.3 Å². The highest BCUT2D eigenvalue weighted by Gasteiger charge is 2.75. The van der Waals surface area contributed by atoms with Crippen LogP contribution in [0.4, 0.5) is 5.69 Å². The van der Waals surface area contributed by atoms with E-state index in [1.807, 2.05) is 43.0 Å². The first-order valence-electron chi connectivity index (χ1n) is 15.9. The summed E-state index contributed by atoms with van der Waals surface area (Å²) < 4.78 is 12.3. The van der Waals surface area contributed by atoms with E-state index in [1.54, 1.807) is 22.0 Å². The zero-order chi connectivity index (χ0) is 31.1. The van der Waals surface area contributed by atoms with Gasteiger partial charge in [-0.2, -0.15) is 0 Å². The number of amides is 3. The van der Waals surface area contributed by atoms with E-state index < -0.39 is 29.6 Å². The minimum Gasteiger partial charge on any atom is -0.494 e. The Hall–Kier alpha value is -3.17. The van der Waals surface area contributed by atoms with Crippen LogP contribution in [0.5, 0.6) is 5.75 Å². The van der Waals surface area contributed by atoms with Gasteiger partial charge in [0.05, 0.1) is 24.5 Å². The molecule has 9 nitrogen and oxygen atoms in total. The minimum atomic E-state index is -1.06. The van der Waals surface area contributed by atoms with Crippen LogP contribution in [0.25, 0.3) is 0 Å². The monoisotopic (exact) mass is 595 g/mol. The standard InChI is InChI=1S/C34H49N3O6/c1-6-13-24(5)35(20-7-2)33(41)30-34-19-18-27(43-34)28(29(34)32(40)37(30)22-11-10-12-23-38)31(39)36(21-8-3)25-14-16-26(17-15-25)42-9-4/h7-8,14-17,24,27-30,38H,2-3,6,9-13,18-23H2,1,4-5H3/t24?,27-,28+,29-,30?,34?/m0/s1. The van der Waals surface area contributed by atoms with Crippen molar-refractivity contribution in [2.45, 2.75) is 89.5 Å². The number of hydrogen-bond acceptors (Lipinski definition) is 6. The van der Waals surface area contributed by atoms with Crippen molar-refractivity contribution in [3.05, 3.63) is 49.6 Å². The lowest BCUT2D eigenvalue weighted by Gasteiger charge is -2.39. The van der Waals surface area contributed by atoms with Gasteiger partial charge in [-0.15, -0.1) is 13.2 Å². The third-order valence-electron chi connectivity index (χ3n) is 9.26. The molecule has 6 atom stereocenters. The first-order chi connectivity index (χ1) is 20.8. The van der Waals surface area contributed by atoms with Crippen LogP contribution in [0.15, 0.2) is 49.6 Å². The Labute approximate surface area is 256 Å². The first-order valence-corrected chi connectivity index (χ1v) is 15.9. The fraction of sp³-hybridized carbons (Fsp3) is 0.618. The number of hydrogen-bond donors (Lipinski definition) is 1. The molecule has 1 aromatic carbocycles. The number of likely N-dealkylation sites (tertiary alicyclic amines) is 1. The van der Waals surface area contributed by atoms with Gasteiger partial charge in [0.1, 0.15) is 17.4 Å². The molecule has 4 rings (SSSR count). The summed E-state index contributed by atoms with van der Waals surface area (Å²) in [7, 11) is 0. The molecule has 0 radical (unpaired) electrons. The van der Waals surface area contributed by atoms with Crippen molar-refractivity contribution < 1.29 is 29.0 Å². The van der Waals surface area contributed by atoms with E-state index in [2.05, 4.69) is 20.1 Å². The fourth-order valence-corrected chi connectivity index (χ4v) is 7.40. The molecule has 3 aliphatic heterocycles. The molecule has 9 heteroatoms. The normalized spacial score (nSPS) is 26.2. The fourth-order valence-electron chi connectivity index (χ4n) is 7.40. The Kier molecular flexibility index (Phi) is 11.1. The van der Waals surface area contributed by atoms with Crippen molar-refractivity contribution in [1.82, 2.24) is 9.80 Å². The van der Waals surface area contributed by atoms with Gasteiger partial charge in [0.15, 0.2) is 0 Å². The largest absolute Gasteiger partial charge is 0.494 e. The SMILES string of the molecule is C=CCN(C(=O)[C@@H]1[C@@H]2CCC3(O2)C(C(=O)N(CC=C)C(C)CCC)N(CCCCCO)C(=O)[C@H]13)c1ccc(OCC)cc1. The number of unbranched alkanes of at least 4 members (excludes halogenated alkanes) is 2. The lowest BCUT2D eigenvalue weighted by Crippen LogP contribution is -2.58. The number of nitrogens with zero attached hydrogens (tertiary/aromatic N) is 3. The molecule has 1 aromatic rings. The minimum absolute atomic E-state index is 0.0314. The summed E-state index contributed by atoms with van der Waals surface area (Å²) in [5.74, 6) is -1.24. The van der Waals surface area contributed by atoms with Gasteiger partial charge in [-0.1, -0.05) is 25.5 Å². The number of aliphatic hydroxyl groups is 1. The molecule has 3 unspecified atom stereocenters. The molecule has 2 bridgehead atoms. The predicted octanol–water partition coefficient (Wildman–Crippen LogP) is 4.34. The average Bonchev–Trinajstić information content (AvgIpc) is 3.64. The van der Waals surface area contributed by atoms with E-state index >= 15 is 0 Å². The lowest BCUT2D eigenvalue weighted by molar-refractivity contribution is -0.149. The molecule has 0 saturated carbocycles. The molecule has 236 valence electrons. The van der Waals surface area contributed by atoms with E-state index in [0.29, 0.717) is 56.8 Å². The summed E-state index contributed by atoms with van der Waals surface area (Å²) in [6.07, 6.45) is 7.89. The third kappa shape index (κ3) is 6.25. The van der Waals surface area contributed by atoms with Gasteiger partial charge in [-0.05, 0) is 76.6 Å². The number of fused-ring (bicyclic) bond motifs is 1. The van der Waals surface area contributed by atoms with E-state index in [-0.39, 0.29) is 36.9 Å². The summed E-state index contributed by atoms with van der Waals surface area (Å²) in [6, 6.07) is 6.51. The van der Waals surface area contributed by atoms with Gasteiger partial charge in [0, 0.05) is 38.0 Å². The smallest absolute Gasteiger partial charge is 0.248 e. The Morgan fingerprint density at radius 2 is 1.86 bits per heavy atom. The van der Waals surface area contributed by atoms with Crippen molar-refractivity contribution in [3.8, 4) is 5.75 Å². The number of aliphatic hydroxyl groups excluding tert-OH is 1. The van der Waals surface area contributed by atoms with Crippen LogP contribution >= 0.6 is 0 Å². The number of benzene rings is 1. The Bertz CT molecular complexity index is 1160. The van der Waals surface area contributed by atoms with Crippen molar-refractivity contribution in [1.29, 1.82) is 0 Å². The van der Waals surface area contributed by atoms with Crippen LogP contribution in [0.2, 0.25) is 0 Å². The van der Waals surface area contributed by atoms with Gasteiger partial charge in [0.25, 0.3) is 0 Å². The quantitative estimate of drug-likeness (QED) is 0.213. The van der Waals surface area contributed by atoms with Gasteiger partial charge in [0.2, 0.25) is 17.7 Å². The molecule has 3 amide bonds. The topological polar surface area (TPSA) is 99.6 Å². The number of carbonyl (C=O) groups excluding carboxylic acids is 3. The maximum atomic E-state index is 14.5. The highest BCUT2D eigenvalue weighted by molar-refractivity contribution is 6.03. The van der Waals surface area contributed by atoms with Crippen molar-refractivity contribution in [3.63, 3.8) is 0 Å². The Balaban J connectivity index is 1.70. The van der Waals surface area contributed by atoms with E-state index in [4.69, 9.17) is 9.47 Å². The molecular weight excluding hydrogens is 546 g/mol. The summed E-state index contributed by atoms with van der Waals surface area (Å²) in [5.41, 5.74) is -0.366. The molecular formula is C34H49N3O6. The van der Waals surface area contributed by atoms with E-state index in [9.17, 15) is 19.5 Å². The lowest BCUT2D eigenvalue weighted by atomic mass is 9.70. The predicted molar refractivity (Wildman–Crippen MR) is 167 cm³/mol. The van der Waals surface area contributed by atoms with Gasteiger partial charge in [-0.3, -0.25) is 14.4 Å². The number of carbonyl (C=O) groups is 3. The van der Waals surface area contributed by atoms with Crippen molar-refractivity contribution >= 4 is 23.4 Å². The summed E-state index contributed by atoms with van der Waals surface area (Å²) in [4.78, 5) is 48.4.